The fraction of sp³-hybridized carbons (Fsp3) is 0.471. The first kappa shape index (κ1) is 15.9. The van der Waals surface area contributed by atoms with E-state index in [1.807, 2.05) is 24.4 Å². The number of benzene rings is 1. The minimum absolute atomic E-state index is 0.128. The van der Waals surface area contributed by atoms with Crippen molar-refractivity contribution in [3.05, 3.63) is 35.0 Å². The van der Waals surface area contributed by atoms with E-state index in [0.29, 0.717) is 13.0 Å². The third-order valence-corrected chi connectivity index (χ3v) is 4.09. The van der Waals surface area contributed by atoms with Crippen molar-refractivity contribution in [3.8, 4) is 0 Å². The maximum absolute atomic E-state index is 11.8. The molecule has 0 saturated carbocycles. The van der Waals surface area contributed by atoms with Crippen LogP contribution in [0.15, 0.2) is 24.4 Å². The highest BCUT2D eigenvalue weighted by Crippen LogP contribution is 2.31. The predicted molar refractivity (Wildman–Crippen MR) is 88.9 cm³/mol. The molecule has 0 bridgehead atoms. The number of hydrogen-bond donors (Lipinski definition) is 2. The van der Waals surface area contributed by atoms with Crippen LogP contribution in [-0.4, -0.2) is 17.4 Å². The average molecular weight is 307 g/mol. The first-order valence-corrected chi connectivity index (χ1v) is 7.85. The molecule has 0 aliphatic carbocycles. The van der Waals surface area contributed by atoms with Gasteiger partial charge in [0.05, 0.1) is 0 Å². The number of aromatic nitrogens is 1. The molecule has 2 aromatic rings. The van der Waals surface area contributed by atoms with Gasteiger partial charge in [-0.05, 0) is 30.2 Å². The van der Waals surface area contributed by atoms with Gasteiger partial charge in [0.1, 0.15) is 0 Å². The number of H-pyrrole nitrogens is 1. The first-order valence-electron chi connectivity index (χ1n) is 7.48. The number of unbranched alkanes of at least 4 members (excludes halogenated alkanes) is 1. The van der Waals surface area contributed by atoms with Crippen molar-refractivity contribution < 1.29 is 4.79 Å². The van der Waals surface area contributed by atoms with E-state index in [0.717, 1.165) is 28.8 Å². The fourth-order valence-electron chi connectivity index (χ4n) is 2.49. The standard InChI is InChI=1S/C17H23ClN2O/c1-4-5-6-16(21)20-11-17(2,3)14-10-19-15-8-7-12(18)9-13(14)15/h7-10,19H,4-6,11H2,1-3H3,(H,20,21). The number of carbonyl (C=O) groups excluding carboxylic acids is 1. The van der Waals surface area contributed by atoms with Crippen molar-refractivity contribution in [2.75, 3.05) is 6.54 Å². The van der Waals surface area contributed by atoms with Crippen molar-refractivity contribution in [1.82, 2.24) is 10.3 Å². The number of carbonyl (C=O) groups is 1. The van der Waals surface area contributed by atoms with Crippen LogP contribution in [0.1, 0.15) is 45.6 Å². The van der Waals surface area contributed by atoms with Crippen LogP contribution in [0.4, 0.5) is 0 Å². The van der Waals surface area contributed by atoms with E-state index in [9.17, 15) is 4.79 Å². The molecule has 1 heterocycles. The molecule has 2 N–H and O–H groups in total. The Morgan fingerprint density at radius 2 is 2.14 bits per heavy atom. The predicted octanol–water partition coefficient (Wildman–Crippen LogP) is 4.41. The summed E-state index contributed by atoms with van der Waals surface area (Å²) in [4.78, 5) is 15.1. The van der Waals surface area contributed by atoms with Gasteiger partial charge in [0, 0.05) is 40.5 Å². The lowest BCUT2D eigenvalue weighted by atomic mass is 9.84. The molecule has 2 rings (SSSR count). The summed E-state index contributed by atoms with van der Waals surface area (Å²) in [6.07, 6.45) is 4.60. The number of fused-ring (bicyclic) bond motifs is 1. The van der Waals surface area contributed by atoms with Gasteiger partial charge < -0.3 is 10.3 Å². The Morgan fingerprint density at radius 3 is 2.86 bits per heavy atom. The second kappa shape index (κ2) is 6.52. The highest BCUT2D eigenvalue weighted by atomic mass is 35.5. The van der Waals surface area contributed by atoms with Crippen molar-refractivity contribution in [3.63, 3.8) is 0 Å². The van der Waals surface area contributed by atoms with E-state index in [1.54, 1.807) is 0 Å². The summed E-state index contributed by atoms with van der Waals surface area (Å²) in [6, 6.07) is 5.84. The maximum atomic E-state index is 11.8. The SMILES string of the molecule is CCCCC(=O)NCC(C)(C)c1c[nH]c2ccc(Cl)cc12. The van der Waals surface area contributed by atoms with Crippen LogP contribution >= 0.6 is 11.6 Å². The molecule has 21 heavy (non-hydrogen) atoms. The van der Waals surface area contributed by atoms with Crippen molar-refractivity contribution in [2.24, 2.45) is 0 Å². The molecule has 3 nitrogen and oxygen atoms in total. The molecular weight excluding hydrogens is 284 g/mol. The highest BCUT2D eigenvalue weighted by molar-refractivity contribution is 6.31. The van der Waals surface area contributed by atoms with Gasteiger partial charge in [-0.1, -0.05) is 38.8 Å². The van der Waals surface area contributed by atoms with Crippen LogP contribution in [0, 0.1) is 0 Å². The zero-order valence-corrected chi connectivity index (χ0v) is 13.7. The zero-order chi connectivity index (χ0) is 15.5. The normalized spacial score (nSPS) is 11.8. The molecule has 0 aliphatic heterocycles. The molecule has 0 atom stereocenters. The van der Waals surface area contributed by atoms with E-state index in [1.165, 1.54) is 5.56 Å². The number of amides is 1. The Morgan fingerprint density at radius 1 is 1.38 bits per heavy atom. The number of halogens is 1. The van der Waals surface area contributed by atoms with Gasteiger partial charge in [-0.3, -0.25) is 4.79 Å². The van der Waals surface area contributed by atoms with Gasteiger partial charge in [0.25, 0.3) is 0 Å². The molecule has 114 valence electrons. The minimum Gasteiger partial charge on any atom is -0.361 e. The summed E-state index contributed by atoms with van der Waals surface area (Å²) in [6.45, 7) is 6.98. The van der Waals surface area contributed by atoms with Crippen LogP contribution in [0.25, 0.3) is 10.9 Å². The first-order chi connectivity index (χ1) is 9.94. The summed E-state index contributed by atoms with van der Waals surface area (Å²) in [5.74, 6) is 0.128. The van der Waals surface area contributed by atoms with Gasteiger partial charge in [-0.2, -0.15) is 0 Å². The molecule has 0 unspecified atom stereocenters. The minimum atomic E-state index is -0.148. The summed E-state index contributed by atoms with van der Waals surface area (Å²) in [5, 5.41) is 4.89. The van der Waals surface area contributed by atoms with E-state index >= 15 is 0 Å². The largest absolute Gasteiger partial charge is 0.361 e. The van der Waals surface area contributed by atoms with Crippen LogP contribution in [0.2, 0.25) is 5.02 Å². The lowest BCUT2D eigenvalue weighted by Crippen LogP contribution is -2.36. The summed E-state index contributed by atoms with van der Waals surface area (Å²) < 4.78 is 0. The van der Waals surface area contributed by atoms with Gasteiger partial charge in [0.15, 0.2) is 0 Å². The van der Waals surface area contributed by atoms with E-state index < -0.39 is 0 Å². The number of nitrogens with one attached hydrogen (secondary N) is 2. The number of rotatable bonds is 6. The van der Waals surface area contributed by atoms with E-state index in [2.05, 4.69) is 31.1 Å². The Hall–Kier alpha value is -1.48. The Labute approximate surface area is 131 Å². The molecular formula is C17H23ClN2O. The summed E-state index contributed by atoms with van der Waals surface area (Å²) in [7, 11) is 0. The number of hydrogen-bond acceptors (Lipinski definition) is 1. The maximum Gasteiger partial charge on any atom is 0.220 e. The Bertz CT molecular complexity index is 631. The van der Waals surface area contributed by atoms with Crippen LogP contribution in [0.3, 0.4) is 0 Å². The van der Waals surface area contributed by atoms with Gasteiger partial charge in [0.2, 0.25) is 5.91 Å². The molecule has 1 amide bonds. The van der Waals surface area contributed by atoms with Crippen molar-refractivity contribution >= 4 is 28.4 Å². The Kier molecular flexibility index (Phi) is 4.94. The second-order valence-electron chi connectivity index (χ2n) is 6.16. The lowest BCUT2D eigenvalue weighted by molar-refractivity contribution is -0.121. The van der Waals surface area contributed by atoms with E-state index in [4.69, 9.17) is 11.6 Å². The van der Waals surface area contributed by atoms with Gasteiger partial charge in [-0.25, -0.2) is 0 Å². The second-order valence-corrected chi connectivity index (χ2v) is 6.59. The highest BCUT2D eigenvalue weighted by Gasteiger charge is 2.24. The molecule has 0 fully saturated rings. The monoisotopic (exact) mass is 306 g/mol. The molecule has 4 heteroatoms. The molecule has 0 aliphatic rings. The van der Waals surface area contributed by atoms with Gasteiger partial charge >= 0.3 is 0 Å². The van der Waals surface area contributed by atoms with E-state index in [-0.39, 0.29) is 11.3 Å². The zero-order valence-electron chi connectivity index (χ0n) is 12.9. The average Bonchev–Trinajstić information content (AvgIpc) is 2.86. The van der Waals surface area contributed by atoms with Crippen LogP contribution < -0.4 is 5.32 Å². The molecule has 0 saturated heterocycles. The van der Waals surface area contributed by atoms with Crippen LogP contribution in [0.5, 0.6) is 0 Å². The fourth-order valence-corrected chi connectivity index (χ4v) is 2.67. The quantitative estimate of drug-likeness (QED) is 0.816. The molecule has 1 aromatic carbocycles. The Balaban J connectivity index is 2.14. The number of aromatic amines is 1. The van der Waals surface area contributed by atoms with Crippen molar-refractivity contribution in [1.29, 1.82) is 0 Å². The smallest absolute Gasteiger partial charge is 0.220 e. The third kappa shape index (κ3) is 3.79. The molecule has 1 aromatic heterocycles. The molecule has 0 spiro atoms. The van der Waals surface area contributed by atoms with Crippen molar-refractivity contribution in [2.45, 2.75) is 45.4 Å². The summed E-state index contributed by atoms with van der Waals surface area (Å²) >= 11 is 6.10. The van der Waals surface area contributed by atoms with Crippen LogP contribution in [-0.2, 0) is 10.2 Å². The topological polar surface area (TPSA) is 44.9 Å². The third-order valence-electron chi connectivity index (χ3n) is 3.86. The molecule has 0 radical (unpaired) electrons. The lowest BCUT2D eigenvalue weighted by Gasteiger charge is -2.25. The van der Waals surface area contributed by atoms with Gasteiger partial charge in [-0.15, -0.1) is 0 Å². The summed E-state index contributed by atoms with van der Waals surface area (Å²) in [5.41, 5.74) is 2.10.